The van der Waals surface area contributed by atoms with Crippen LogP contribution in [0.15, 0.2) is 42.5 Å². The van der Waals surface area contributed by atoms with Gasteiger partial charge in [-0.05, 0) is 43.7 Å². The quantitative estimate of drug-likeness (QED) is 0.304. The highest BCUT2D eigenvalue weighted by atomic mass is 16.5. The van der Waals surface area contributed by atoms with Crippen LogP contribution < -0.4 is 15.2 Å². The molecule has 10 nitrogen and oxygen atoms in total. The summed E-state index contributed by atoms with van der Waals surface area (Å²) in [6.07, 6.45) is 0. The molecule has 0 saturated heterocycles. The maximum atomic E-state index is 12.3. The van der Waals surface area contributed by atoms with E-state index in [1.54, 1.807) is 63.5 Å². The van der Waals surface area contributed by atoms with Gasteiger partial charge in [0.25, 0.3) is 11.8 Å². The molecule has 4 N–H and O–H groups in total. The van der Waals surface area contributed by atoms with E-state index in [0.29, 0.717) is 39.6 Å². The first kappa shape index (κ1) is 21.8. The van der Waals surface area contributed by atoms with Crippen LogP contribution in [0.1, 0.15) is 27.3 Å². The molecule has 4 rings (SSSR count). The average molecular weight is 445 g/mol. The van der Waals surface area contributed by atoms with Crippen molar-refractivity contribution < 1.29 is 14.3 Å². The molecule has 0 fully saturated rings. The fraction of sp³-hybridized carbons (Fsp3) is 0.174. The maximum absolute atomic E-state index is 12.3. The van der Waals surface area contributed by atoms with Crippen LogP contribution in [-0.2, 0) is 0 Å². The average Bonchev–Trinajstić information content (AvgIpc) is 3.15. The Kier molecular flexibility index (Phi) is 5.65. The summed E-state index contributed by atoms with van der Waals surface area (Å²) in [7, 11) is 3.37. The second kappa shape index (κ2) is 8.58. The molecule has 0 aliphatic heterocycles. The zero-order chi connectivity index (χ0) is 23.7. The van der Waals surface area contributed by atoms with Gasteiger partial charge in [0.2, 0.25) is 0 Å². The van der Waals surface area contributed by atoms with E-state index in [2.05, 4.69) is 19.9 Å². The lowest BCUT2D eigenvalue weighted by molar-refractivity contribution is 0.0827. The Labute approximate surface area is 189 Å². The summed E-state index contributed by atoms with van der Waals surface area (Å²) < 4.78 is 11.9. The molecular formula is C23H23N7O3. The second-order valence-electron chi connectivity index (χ2n) is 7.66. The number of nitrogens with one attached hydrogen (secondary N) is 2. The highest BCUT2D eigenvalue weighted by Gasteiger charge is 2.17. The van der Waals surface area contributed by atoms with Crippen molar-refractivity contribution in [2.75, 3.05) is 14.1 Å². The Hall–Kier alpha value is -4.47. The van der Waals surface area contributed by atoms with E-state index in [1.807, 2.05) is 6.92 Å². The number of imidazole rings is 1. The first-order valence-electron chi connectivity index (χ1n) is 10.1. The zero-order valence-corrected chi connectivity index (χ0v) is 18.6. The van der Waals surface area contributed by atoms with E-state index >= 15 is 0 Å². The molecule has 0 spiro atoms. The van der Waals surface area contributed by atoms with Crippen LogP contribution in [0, 0.1) is 19.3 Å². The molecule has 0 aliphatic rings. The van der Waals surface area contributed by atoms with Crippen molar-refractivity contribution in [2.45, 2.75) is 13.8 Å². The van der Waals surface area contributed by atoms with Crippen LogP contribution in [-0.4, -0.2) is 50.7 Å². The Morgan fingerprint density at radius 1 is 1.03 bits per heavy atom. The molecule has 0 aliphatic carbocycles. The largest absolute Gasteiger partial charge is 0.437 e. The molecule has 0 saturated carbocycles. The fourth-order valence-electron chi connectivity index (χ4n) is 3.13. The summed E-state index contributed by atoms with van der Waals surface area (Å²) in [4.78, 5) is 30.1. The number of carbonyl (C=O) groups is 1. The molecule has 4 aromatic rings. The highest BCUT2D eigenvalue weighted by molar-refractivity contribution is 5.95. The summed E-state index contributed by atoms with van der Waals surface area (Å²) in [5, 5.41) is 7.66. The highest BCUT2D eigenvalue weighted by Crippen LogP contribution is 2.31. The van der Waals surface area contributed by atoms with Crippen LogP contribution >= 0.6 is 0 Å². The third kappa shape index (κ3) is 4.59. The van der Waals surface area contributed by atoms with Gasteiger partial charge in [-0.1, -0.05) is 18.2 Å². The lowest BCUT2D eigenvalue weighted by Crippen LogP contribution is -2.21. The van der Waals surface area contributed by atoms with E-state index < -0.39 is 0 Å². The Morgan fingerprint density at radius 3 is 2.55 bits per heavy atom. The number of amides is 1. The summed E-state index contributed by atoms with van der Waals surface area (Å²) in [5.41, 5.74) is 8.29. The number of aromatic nitrogens is 4. The van der Waals surface area contributed by atoms with Crippen molar-refractivity contribution in [2.24, 2.45) is 5.73 Å². The summed E-state index contributed by atoms with van der Waals surface area (Å²) in [6.45, 7) is 3.66. The number of nitrogens with zero attached hydrogens (tertiary/aromatic N) is 4. The molecule has 33 heavy (non-hydrogen) atoms. The number of hydrogen-bond donors (Lipinski definition) is 3. The number of nitrogens with two attached hydrogens (primary N) is 1. The van der Waals surface area contributed by atoms with Gasteiger partial charge < -0.3 is 25.1 Å². The van der Waals surface area contributed by atoms with Gasteiger partial charge in [-0.3, -0.25) is 10.2 Å². The smallest absolute Gasteiger partial charge is 0.327 e. The van der Waals surface area contributed by atoms with Gasteiger partial charge in [-0.2, -0.15) is 9.97 Å². The molecule has 0 atom stereocenters. The number of hydrogen-bond acceptors (Lipinski definition) is 7. The minimum atomic E-state index is -0.143. The molecule has 10 heteroatoms. The van der Waals surface area contributed by atoms with E-state index in [4.69, 9.17) is 20.6 Å². The number of rotatable bonds is 6. The second-order valence-corrected chi connectivity index (χ2v) is 7.66. The number of benzene rings is 2. The number of fused-ring (bicyclic) bond motifs is 1. The standard InChI is InChI=1S/C23H23N7O3/c1-12-8-9-14(19(24)25)11-17(12)33-23-28-20-18(26-13(2)27-20)21(29-23)32-16-7-5-6-15(10-16)22(31)30(3)4/h5-11H,1-4H3,(H3,24,25)(H,26,27,28,29). The molecule has 2 heterocycles. The van der Waals surface area contributed by atoms with Crippen LogP contribution in [0.5, 0.6) is 23.4 Å². The normalized spacial score (nSPS) is 10.8. The van der Waals surface area contributed by atoms with Crippen molar-refractivity contribution in [3.63, 3.8) is 0 Å². The summed E-state index contributed by atoms with van der Waals surface area (Å²) in [5.74, 6) is 1.50. The lowest BCUT2D eigenvalue weighted by atomic mass is 10.1. The van der Waals surface area contributed by atoms with E-state index in [-0.39, 0.29) is 23.6 Å². The van der Waals surface area contributed by atoms with Crippen molar-refractivity contribution >= 4 is 22.9 Å². The SMILES string of the molecule is Cc1nc2nc(Oc3cc(C(=N)N)ccc3C)nc(Oc3cccc(C(=O)N(C)C)c3)c2[nH]1. The molecule has 2 aromatic heterocycles. The van der Waals surface area contributed by atoms with Gasteiger partial charge in [0.1, 0.15) is 28.7 Å². The van der Waals surface area contributed by atoms with E-state index in [1.165, 1.54) is 4.90 Å². The number of nitrogen functional groups attached to an aromatic ring is 1. The van der Waals surface area contributed by atoms with Crippen molar-refractivity contribution in [3.8, 4) is 23.4 Å². The molecular weight excluding hydrogens is 422 g/mol. The van der Waals surface area contributed by atoms with Gasteiger partial charge in [0.05, 0.1) is 0 Å². The number of amidine groups is 1. The van der Waals surface area contributed by atoms with Crippen molar-refractivity contribution in [1.29, 1.82) is 5.41 Å². The van der Waals surface area contributed by atoms with E-state index in [0.717, 1.165) is 5.56 Å². The lowest BCUT2D eigenvalue weighted by Gasteiger charge is -2.12. The predicted octanol–water partition coefficient (Wildman–Crippen LogP) is 3.54. The number of aromatic amines is 1. The van der Waals surface area contributed by atoms with Gasteiger partial charge in [0.15, 0.2) is 5.65 Å². The molecule has 2 aromatic carbocycles. The Bertz CT molecular complexity index is 1380. The molecule has 0 unspecified atom stereocenters. The summed E-state index contributed by atoms with van der Waals surface area (Å²) in [6, 6.07) is 12.0. The van der Waals surface area contributed by atoms with Gasteiger partial charge >= 0.3 is 6.01 Å². The van der Waals surface area contributed by atoms with Crippen LogP contribution in [0.25, 0.3) is 11.2 Å². The third-order valence-corrected chi connectivity index (χ3v) is 4.82. The van der Waals surface area contributed by atoms with Gasteiger partial charge in [-0.15, -0.1) is 0 Å². The van der Waals surface area contributed by atoms with Crippen LogP contribution in [0.2, 0.25) is 0 Å². The molecule has 168 valence electrons. The Balaban J connectivity index is 1.73. The number of carbonyl (C=O) groups excluding carboxylic acids is 1. The monoisotopic (exact) mass is 445 g/mol. The number of H-pyrrole nitrogens is 1. The Morgan fingerprint density at radius 2 is 1.82 bits per heavy atom. The molecule has 0 bridgehead atoms. The fourth-order valence-corrected chi connectivity index (χ4v) is 3.13. The number of aryl methyl sites for hydroxylation is 2. The topological polar surface area (TPSA) is 143 Å². The van der Waals surface area contributed by atoms with Gasteiger partial charge in [-0.25, -0.2) is 4.98 Å². The first-order chi connectivity index (χ1) is 15.7. The van der Waals surface area contributed by atoms with Gasteiger partial charge in [0, 0.05) is 25.2 Å². The minimum Gasteiger partial charge on any atom is -0.437 e. The van der Waals surface area contributed by atoms with E-state index in [9.17, 15) is 4.79 Å². The predicted molar refractivity (Wildman–Crippen MR) is 123 cm³/mol. The first-order valence-corrected chi connectivity index (χ1v) is 10.1. The number of ether oxygens (including phenoxy) is 2. The maximum Gasteiger partial charge on any atom is 0.327 e. The molecule has 0 radical (unpaired) electrons. The summed E-state index contributed by atoms with van der Waals surface area (Å²) >= 11 is 0. The zero-order valence-electron chi connectivity index (χ0n) is 18.6. The minimum absolute atomic E-state index is 0.0216. The van der Waals surface area contributed by atoms with Crippen LogP contribution in [0.3, 0.4) is 0 Å². The molecule has 1 amide bonds. The van der Waals surface area contributed by atoms with Crippen LogP contribution in [0.4, 0.5) is 0 Å². The van der Waals surface area contributed by atoms with Crippen molar-refractivity contribution in [3.05, 3.63) is 65.0 Å². The third-order valence-electron chi connectivity index (χ3n) is 4.82. The van der Waals surface area contributed by atoms with Crippen molar-refractivity contribution in [1.82, 2.24) is 24.8 Å².